The molecule has 1 aromatic heterocycles. The van der Waals surface area contributed by atoms with E-state index in [1.165, 1.54) is 5.56 Å². The summed E-state index contributed by atoms with van der Waals surface area (Å²) >= 11 is 12.1. The van der Waals surface area contributed by atoms with Gasteiger partial charge in [-0.1, -0.05) is 35.3 Å². The number of rotatable bonds is 6. The number of ether oxygens (including phenoxy) is 1. The fourth-order valence-corrected chi connectivity index (χ4v) is 3.63. The van der Waals surface area contributed by atoms with Gasteiger partial charge in [0.05, 0.1) is 24.2 Å². The molecule has 2 aromatic carbocycles. The molecule has 5 nitrogen and oxygen atoms in total. The molecule has 0 radical (unpaired) electrons. The summed E-state index contributed by atoms with van der Waals surface area (Å²) in [4.78, 5) is 2.11. The van der Waals surface area contributed by atoms with E-state index in [2.05, 4.69) is 41.1 Å². The zero-order valence-corrected chi connectivity index (χ0v) is 17.2. The largest absolute Gasteiger partial charge is 0.496 e. The van der Waals surface area contributed by atoms with E-state index >= 15 is 0 Å². The smallest absolute Gasteiger partial charge is 0.249 e. The normalized spacial score (nSPS) is 11.2. The fraction of sp³-hybridized carbons (Fsp3) is 0.300. The summed E-state index contributed by atoms with van der Waals surface area (Å²) in [6, 6.07) is 9.44. The van der Waals surface area contributed by atoms with Crippen molar-refractivity contribution < 1.29 is 9.15 Å². The Kier molecular flexibility index (Phi) is 6.05. The quantitative estimate of drug-likeness (QED) is 0.556. The minimum Gasteiger partial charge on any atom is -0.496 e. The predicted molar refractivity (Wildman–Crippen MR) is 107 cm³/mol. The van der Waals surface area contributed by atoms with Gasteiger partial charge in [0, 0.05) is 11.6 Å². The van der Waals surface area contributed by atoms with Gasteiger partial charge in [-0.05, 0) is 55.8 Å². The molecule has 0 bridgehead atoms. The molecular weight excluding hydrogens is 385 g/mol. The third kappa shape index (κ3) is 4.61. The Hall–Kier alpha value is -2.08. The Bertz CT molecular complexity index is 933. The Balaban J connectivity index is 1.70. The van der Waals surface area contributed by atoms with Crippen molar-refractivity contribution in [1.29, 1.82) is 0 Å². The van der Waals surface area contributed by atoms with Crippen LogP contribution >= 0.6 is 23.2 Å². The van der Waals surface area contributed by atoms with Crippen LogP contribution in [0.15, 0.2) is 34.7 Å². The first kappa shape index (κ1) is 19.7. The highest BCUT2D eigenvalue weighted by atomic mass is 35.5. The number of hydrogen-bond donors (Lipinski definition) is 0. The molecule has 0 aliphatic carbocycles. The average molecular weight is 406 g/mol. The number of aromatic nitrogens is 2. The lowest BCUT2D eigenvalue weighted by Gasteiger charge is -2.17. The molecule has 0 aliphatic rings. The monoisotopic (exact) mass is 405 g/mol. The average Bonchev–Trinajstić information content (AvgIpc) is 3.02. The lowest BCUT2D eigenvalue weighted by atomic mass is 10.1. The second-order valence-corrected chi connectivity index (χ2v) is 7.40. The van der Waals surface area contributed by atoms with Gasteiger partial charge in [0.25, 0.3) is 0 Å². The van der Waals surface area contributed by atoms with E-state index in [-0.39, 0.29) is 0 Å². The SMILES string of the molecule is COc1c(C)cc(CN(C)Cc2nnc(-c3ccc(Cl)cc3Cl)o2)cc1C. The van der Waals surface area contributed by atoms with E-state index in [1.54, 1.807) is 25.3 Å². The van der Waals surface area contributed by atoms with E-state index in [0.717, 1.165) is 23.4 Å². The summed E-state index contributed by atoms with van der Waals surface area (Å²) < 4.78 is 11.2. The van der Waals surface area contributed by atoms with Crippen LogP contribution in [0.1, 0.15) is 22.6 Å². The van der Waals surface area contributed by atoms with Gasteiger partial charge in [-0.15, -0.1) is 10.2 Å². The number of hydrogen-bond acceptors (Lipinski definition) is 5. The molecule has 0 spiro atoms. The van der Waals surface area contributed by atoms with Crippen molar-refractivity contribution in [2.24, 2.45) is 0 Å². The van der Waals surface area contributed by atoms with Crippen molar-refractivity contribution in [2.45, 2.75) is 26.9 Å². The van der Waals surface area contributed by atoms with Gasteiger partial charge < -0.3 is 9.15 Å². The molecule has 0 N–H and O–H groups in total. The number of benzene rings is 2. The third-order valence-electron chi connectivity index (χ3n) is 4.21. The van der Waals surface area contributed by atoms with Crippen LogP contribution in [0, 0.1) is 13.8 Å². The van der Waals surface area contributed by atoms with Crippen LogP contribution < -0.4 is 4.74 Å². The molecule has 3 rings (SSSR count). The molecule has 142 valence electrons. The maximum absolute atomic E-state index is 6.21. The van der Waals surface area contributed by atoms with Gasteiger partial charge in [-0.2, -0.15) is 0 Å². The highest BCUT2D eigenvalue weighted by Crippen LogP contribution is 2.29. The standard InChI is InChI=1S/C20H21Cl2N3O2/c1-12-7-14(8-13(2)19(12)26-4)10-25(3)11-18-23-24-20(27-18)16-6-5-15(21)9-17(16)22/h5-9H,10-11H2,1-4H3. The zero-order valence-electron chi connectivity index (χ0n) is 15.7. The molecule has 0 aliphatic heterocycles. The molecule has 0 atom stereocenters. The molecule has 7 heteroatoms. The van der Waals surface area contributed by atoms with Gasteiger partial charge in [0.15, 0.2) is 0 Å². The molecule has 27 heavy (non-hydrogen) atoms. The van der Waals surface area contributed by atoms with Crippen LogP contribution in [0.3, 0.4) is 0 Å². The van der Waals surface area contributed by atoms with Crippen LogP contribution in [-0.4, -0.2) is 29.3 Å². The van der Waals surface area contributed by atoms with Crippen molar-refractivity contribution in [2.75, 3.05) is 14.2 Å². The minimum atomic E-state index is 0.385. The molecule has 0 fully saturated rings. The van der Waals surface area contributed by atoms with Crippen molar-refractivity contribution >= 4 is 23.2 Å². The second-order valence-electron chi connectivity index (χ2n) is 6.56. The fourth-order valence-electron chi connectivity index (χ4n) is 3.14. The molecule has 0 unspecified atom stereocenters. The van der Waals surface area contributed by atoms with E-state index in [1.807, 2.05) is 7.05 Å². The van der Waals surface area contributed by atoms with Crippen LogP contribution in [0.25, 0.3) is 11.5 Å². The number of aryl methyl sites for hydroxylation is 2. The number of methoxy groups -OCH3 is 1. The van der Waals surface area contributed by atoms with Crippen LogP contribution in [-0.2, 0) is 13.1 Å². The first-order chi connectivity index (χ1) is 12.9. The van der Waals surface area contributed by atoms with Gasteiger partial charge in [-0.3, -0.25) is 4.90 Å². The van der Waals surface area contributed by atoms with Gasteiger partial charge >= 0.3 is 0 Å². The Morgan fingerprint density at radius 1 is 1.04 bits per heavy atom. The van der Waals surface area contributed by atoms with Crippen molar-refractivity contribution in [1.82, 2.24) is 15.1 Å². The van der Waals surface area contributed by atoms with Crippen molar-refractivity contribution in [3.63, 3.8) is 0 Å². The predicted octanol–water partition coefficient (Wildman–Crippen LogP) is 5.30. The molecular formula is C20H21Cl2N3O2. The molecule has 1 heterocycles. The van der Waals surface area contributed by atoms with Gasteiger partial charge in [0.1, 0.15) is 5.75 Å². The summed E-state index contributed by atoms with van der Waals surface area (Å²) in [6.45, 7) is 5.39. The summed E-state index contributed by atoms with van der Waals surface area (Å²) in [5.41, 5.74) is 4.12. The maximum Gasteiger partial charge on any atom is 0.249 e. The Morgan fingerprint density at radius 3 is 2.37 bits per heavy atom. The van der Waals surface area contributed by atoms with Crippen LogP contribution in [0.5, 0.6) is 5.75 Å². The molecule has 0 saturated heterocycles. The summed E-state index contributed by atoms with van der Waals surface area (Å²) in [7, 11) is 3.70. The zero-order chi connectivity index (χ0) is 19.6. The molecule has 0 saturated carbocycles. The highest BCUT2D eigenvalue weighted by Gasteiger charge is 2.14. The number of nitrogens with zero attached hydrogens (tertiary/aromatic N) is 3. The van der Waals surface area contributed by atoms with E-state index in [0.29, 0.717) is 33.9 Å². The molecule has 3 aromatic rings. The maximum atomic E-state index is 6.21. The summed E-state index contributed by atoms with van der Waals surface area (Å²) in [5, 5.41) is 9.28. The van der Waals surface area contributed by atoms with Gasteiger partial charge in [-0.25, -0.2) is 0 Å². The van der Waals surface area contributed by atoms with Crippen LogP contribution in [0.2, 0.25) is 10.0 Å². The Labute approximate surface area is 168 Å². The molecule has 0 amide bonds. The lowest BCUT2D eigenvalue weighted by molar-refractivity contribution is 0.282. The van der Waals surface area contributed by atoms with Gasteiger partial charge in [0.2, 0.25) is 11.8 Å². The Morgan fingerprint density at radius 2 is 1.74 bits per heavy atom. The highest BCUT2D eigenvalue weighted by molar-refractivity contribution is 6.36. The topological polar surface area (TPSA) is 51.4 Å². The van der Waals surface area contributed by atoms with E-state index < -0.39 is 0 Å². The summed E-state index contributed by atoms with van der Waals surface area (Å²) in [5.74, 6) is 1.85. The lowest BCUT2D eigenvalue weighted by Crippen LogP contribution is -2.17. The second kappa shape index (κ2) is 8.30. The summed E-state index contributed by atoms with van der Waals surface area (Å²) in [6.07, 6.45) is 0. The number of halogens is 2. The first-order valence-corrected chi connectivity index (χ1v) is 9.23. The minimum absolute atomic E-state index is 0.385. The van der Waals surface area contributed by atoms with E-state index in [9.17, 15) is 0 Å². The first-order valence-electron chi connectivity index (χ1n) is 8.48. The van der Waals surface area contributed by atoms with Crippen molar-refractivity contribution in [3.05, 3.63) is 63.0 Å². The third-order valence-corrected chi connectivity index (χ3v) is 4.76. The van der Waals surface area contributed by atoms with Crippen molar-refractivity contribution in [3.8, 4) is 17.2 Å². The van der Waals surface area contributed by atoms with Crippen LogP contribution in [0.4, 0.5) is 0 Å². The van der Waals surface area contributed by atoms with E-state index in [4.69, 9.17) is 32.4 Å².